The molecule has 2 heterocycles. The number of rotatable bonds is 5. The van der Waals surface area contributed by atoms with Gasteiger partial charge in [0.25, 0.3) is 0 Å². The van der Waals surface area contributed by atoms with Gasteiger partial charge in [-0.1, -0.05) is 6.92 Å². The van der Waals surface area contributed by atoms with Crippen molar-refractivity contribution < 1.29 is 28.7 Å². The first-order valence-electron chi connectivity index (χ1n) is 8.97. The number of anilines is 1. The number of benzene rings is 1. The fourth-order valence-corrected chi connectivity index (χ4v) is 3.26. The average molecular weight is 374 g/mol. The number of fused-ring (bicyclic) bond motifs is 1. The van der Waals surface area contributed by atoms with Crippen molar-refractivity contribution in [2.45, 2.75) is 32.8 Å². The van der Waals surface area contributed by atoms with E-state index in [9.17, 15) is 19.2 Å². The summed E-state index contributed by atoms with van der Waals surface area (Å²) in [4.78, 5) is 49.3. The summed E-state index contributed by atoms with van der Waals surface area (Å²) in [6.45, 7) is 3.91. The van der Waals surface area contributed by atoms with E-state index >= 15 is 0 Å². The number of Topliss-reactive ketones (excluding diaryl/α,β-unsaturated/α-hetero) is 2. The summed E-state index contributed by atoms with van der Waals surface area (Å²) in [5, 5.41) is 2.62. The first kappa shape index (κ1) is 18.9. The van der Waals surface area contributed by atoms with E-state index in [4.69, 9.17) is 9.47 Å². The van der Waals surface area contributed by atoms with Gasteiger partial charge in [-0.15, -0.1) is 0 Å². The minimum atomic E-state index is -0.680. The van der Waals surface area contributed by atoms with Gasteiger partial charge in [0.2, 0.25) is 5.91 Å². The summed E-state index contributed by atoms with van der Waals surface area (Å²) in [7, 11) is 0. The molecule has 0 bridgehead atoms. The van der Waals surface area contributed by atoms with Crippen LogP contribution in [-0.4, -0.2) is 49.4 Å². The Balaban J connectivity index is 1.79. The molecular weight excluding hydrogens is 352 g/mol. The molecule has 27 heavy (non-hydrogen) atoms. The maximum absolute atomic E-state index is 12.7. The summed E-state index contributed by atoms with van der Waals surface area (Å²) in [6.07, 6.45) is -0.322. The number of nitrogens with one attached hydrogen (secondary N) is 1. The Labute approximate surface area is 156 Å². The van der Waals surface area contributed by atoms with Gasteiger partial charge in [-0.2, -0.15) is 0 Å². The topological polar surface area (TPSA) is 102 Å². The summed E-state index contributed by atoms with van der Waals surface area (Å²) in [5.74, 6) is -0.849. The Morgan fingerprint density at radius 1 is 1.30 bits per heavy atom. The van der Waals surface area contributed by atoms with Crippen molar-refractivity contribution in [1.82, 2.24) is 5.32 Å². The predicted octanol–water partition coefficient (Wildman–Crippen LogP) is 1.71. The molecule has 3 rings (SSSR count). The molecule has 1 aromatic rings. The number of hydrogen-bond donors (Lipinski definition) is 1. The number of carbonyl (C=O) groups excluding carboxylic acids is 4. The third-order valence-electron chi connectivity index (χ3n) is 4.71. The van der Waals surface area contributed by atoms with E-state index in [1.54, 1.807) is 25.1 Å². The SMILES string of the molecule is CCC(=O)C1CCOc2cc(N3C[C@H](CNC(C)=O)OC3=O)ccc2C1=O. The quantitative estimate of drug-likeness (QED) is 0.787. The Morgan fingerprint density at radius 2 is 2.07 bits per heavy atom. The van der Waals surface area contributed by atoms with E-state index in [1.807, 2.05) is 0 Å². The van der Waals surface area contributed by atoms with E-state index < -0.39 is 18.1 Å². The van der Waals surface area contributed by atoms with Gasteiger partial charge in [0.15, 0.2) is 5.78 Å². The number of amides is 2. The number of nitrogens with zero attached hydrogens (tertiary/aromatic N) is 1. The van der Waals surface area contributed by atoms with Crippen LogP contribution in [0.3, 0.4) is 0 Å². The molecule has 2 aliphatic rings. The predicted molar refractivity (Wildman–Crippen MR) is 96.0 cm³/mol. The lowest BCUT2D eigenvalue weighted by atomic mass is 9.90. The van der Waals surface area contributed by atoms with E-state index in [2.05, 4.69) is 5.32 Å². The molecule has 2 amide bonds. The van der Waals surface area contributed by atoms with E-state index in [-0.39, 0.29) is 37.2 Å². The number of ketones is 2. The molecule has 1 saturated heterocycles. The molecule has 1 N–H and O–H groups in total. The highest BCUT2D eigenvalue weighted by molar-refractivity contribution is 6.12. The summed E-state index contributed by atoms with van der Waals surface area (Å²) in [5.41, 5.74) is 0.891. The second kappa shape index (κ2) is 7.77. The maximum atomic E-state index is 12.7. The van der Waals surface area contributed by atoms with Gasteiger partial charge in [0.05, 0.1) is 36.9 Å². The standard InChI is InChI=1S/C19H22N2O6/c1-3-16(23)14-6-7-26-17-8-12(4-5-15(17)18(14)24)21-10-13(27-19(21)25)9-20-11(2)22/h4-5,8,13-14H,3,6-7,9-10H2,1-2H3,(H,20,22)/t13-,14?/m0/s1. The van der Waals surface area contributed by atoms with Gasteiger partial charge < -0.3 is 14.8 Å². The van der Waals surface area contributed by atoms with Crippen molar-refractivity contribution >= 4 is 29.3 Å². The molecule has 0 spiro atoms. The highest BCUT2D eigenvalue weighted by Gasteiger charge is 2.35. The van der Waals surface area contributed by atoms with Gasteiger partial charge in [-0.3, -0.25) is 19.3 Å². The smallest absolute Gasteiger partial charge is 0.414 e. The van der Waals surface area contributed by atoms with Crippen LogP contribution in [0.2, 0.25) is 0 Å². The second-order valence-electron chi connectivity index (χ2n) is 6.61. The molecule has 2 atom stereocenters. The normalized spacial score (nSPS) is 21.8. The molecule has 0 aliphatic carbocycles. The number of cyclic esters (lactones) is 1. The Kier molecular flexibility index (Phi) is 5.43. The molecule has 1 unspecified atom stereocenters. The van der Waals surface area contributed by atoms with Crippen LogP contribution in [0.4, 0.5) is 10.5 Å². The Bertz CT molecular complexity index is 790. The first-order valence-corrected chi connectivity index (χ1v) is 8.97. The fourth-order valence-electron chi connectivity index (χ4n) is 3.26. The lowest BCUT2D eigenvalue weighted by Gasteiger charge is -2.16. The van der Waals surface area contributed by atoms with E-state index in [1.165, 1.54) is 11.8 Å². The van der Waals surface area contributed by atoms with E-state index in [0.717, 1.165) is 0 Å². The highest BCUT2D eigenvalue weighted by atomic mass is 16.6. The Morgan fingerprint density at radius 3 is 2.78 bits per heavy atom. The van der Waals surface area contributed by atoms with Gasteiger partial charge >= 0.3 is 6.09 Å². The maximum Gasteiger partial charge on any atom is 0.414 e. The molecule has 0 aromatic heterocycles. The van der Waals surface area contributed by atoms with Crippen LogP contribution in [0.5, 0.6) is 5.75 Å². The summed E-state index contributed by atoms with van der Waals surface area (Å²) in [6, 6.07) is 4.84. The van der Waals surface area contributed by atoms with Gasteiger partial charge in [0, 0.05) is 19.4 Å². The van der Waals surface area contributed by atoms with Crippen LogP contribution in [0.1, 0.15) is 37.0 Å². The molecule has 144 valence electrons. The number of carbonyl (C=O) groups is 4. The molecule has 0 radical (unpaired) electrons. The van der Waals surface area contributed by atoms with Crippen LogP contribution in [-0.2, 0) is 14.3 Å². The van der Waals surface area contributed by atoms with Gasteiger partial charge in [0.1, 0.15) is 17.6 Å². The number of ether oxygens (including phenoxy) is 2. The average Bonchev–Trinajstić information content (AvgIpc) is 2.94. The number of hydrogen-bond acceptors (Lipinski definition) is 6. The Hall–Kier alpha value is -2.90. The third kappa shape index (κ3) is 3.94. The zero-order valence-corrected chi connectivity index (χ0v) is 15.3. The van der Waals surface area contributed by atoms with Crippen LogP contribution >= 0.6 is 0 Å². The zero-order chi connectivity index (χ0) is 19.6. The fraction of sp³-hybridized carbons (Fsp3) is 0.474. The highest BCUT2D eigenvalue weighted by Crippen LogP contribution is 2.33. The molecular formula is C19H22N2O6. The molecule has 2 aliphatic heterocycles. The molecule has 1 fully saturated rings. The third-order valence-corrected chi connectivity index (χ3v) is 4.71. The van der Waals surface area contributed by atoms with Crippen molar-refractivity contribution in [3.8, 4) is 5.75 Å². The van der Waals surface area contributed by atoms with Gasteiger partial charge in [-0.25, -0.2) is 4.79 Å². The lowest BCUT2D eigenvalue weighted by molar-refractivity contribution is -0.121. The summed E-state index contributed by atoms with van der Waals surface area (Å²) < 4.78 is 10.9. The van der Waals surface area contributed by atoms with Crippen LogP contribution in [0.15, 0.2) is 18.2 Å². The molecule has 1 aromatic carbocycles. The largest absolute Gasteiger partial charge is 0.493 e. The molecule has 0 saturated carbocycles. The van der Waals surface area contributed by atoms with Crippen molar-refractivity contribution in [2.24, 2.45) is 5.92 Å². The first-order chi connectivity index (χ1) is 12.9. The minimum Gasteiger partial charge on any atom is -0.493 e. The van der Waals surface area contributed by atoms with Crippen molar-refractivity contribution in [3.05, 3.63) is 23.8 Å². The van der Waals surface area contributed by atoms with Crippen LogP contribution in [0.25, 0.3) is 0 Å². The van der Waals surface area contributed by atoms with Gasteiger partial charge in [-0.05, 0) is 18.6 Å². The van der Waals surface area contributed by atoms with Crippen molar-refractivity contribution in [1.29, 1.82) is 0 Å². The van der Waals surface area contributed by atoms with Crippen LogP contribution < -0.4 is 15.0 Å². The minimum absolute atomic E-state index is 0.0931. The van der Waals surface area contributed by atoms with E-state index in [0.29, 0.717) is 29.8 Å². The second-order valence-corrected chi connectivity index (χ2v) is 6.61. The summed E-state index contributed by atoms with van der Waals surface area (Å²) >= 11 is 0. The van der Waals surface area contributed by atoms with Crippen molar-refractivity contribution in [2.75, 3.05) is 24.6 Å². The molecule has 8 nitrogen and oxygen atoms in total. The molecule has 8 heteroatoms. The van der Waals surface area contributed by atoms with Crippen LogP contribution in [0, 0.1) is 5.92 Å². The monoisotopic (exact) mass is 374 g/mol. The zero-order valence-electron chi connectivity index (χ0n) is 15.3. The lowest BCUT2D eigenvalue weighted by Crippen LogP contribution is -2.33. The van der Waals surface area contributed by atoms with Crippen molar-refractivity contribution in [3.63, 3.8) is 0 Å².